The third-order valence-corrected chi connectivity index (χ3v) is 4.65. The van der Waals surface area contributed by atoms with Crippen LogP contribution < -0.4 is 0 Å². The summed E-state index contributed by atoms with van der Waals surface area (Å²) in [5, 5.41) is 27.1. The van der Waals surface area contributed by atoms with Crippen LogP contribution in [0.1, 0.15) is 22.8 Å². The molecule has 6 rings (SSSR count). The molecule has 0 atom stereocenters. The molecule has 0 fully saturated rings. The number of aromatic nitrogens is 4. The molecule has 0 unspecified atom stereocenters. The number of nitrogens with zero attached hydrogens (tertiary/aromatic N) is 2. The Kier molecular flexibility index (Phi) is 20.0. The Hall–Kier alpha value is -5.68. The van der Waals surface area contributed by atoms with Crippen molar-refractivity contribution in [1.82, 2.24) is 19.9 Å². The van der Waals surface area contributed by atoms with Crippen molar-refractivity contribution in [1.29, 1.82) is 0 Å². The topological polar surface area (TPSA) is 207 Å². The van der Waals surface area contributed by atoms with Crippen LogP contribution in [0.25, 0.3) is 46.4 Å². The van der Waals surface area contributed by atoms with E-state index in [4.69, 9.17) is 39.6 Å². The molecule has 0 saturated heterocycles. The van der Waals surface area contributed by atoms with E-state index in [9.17, 15) is 0 Å². The molecule has 0 radical (unpaired) electrons. The molecule has 0 spiro atoms. The van der Waals surface area contributed by atoms with Crippen LogP contribution in [-0.2, 0) is 38.7 Å². The zero-order valence-electron chi connectivity index (χ0n) is 22.3. The minimum Gasteiger partial charge on any atom is -0.665 e. The maximum absolute atomic E-state index is 8.24. The van der Waals surface area contributed by atoms with Crippen molar-refractivity contribution in [2.45, 2.75) is 0 Å². The van der Waals surface area contributed by atoms with Crippen molar-refractivity contribution in [3.63, 3.8) is 0 Å². The Morgan fingerprint density at radius 1 is 0.512 bits per heavy atom. The number of aliphatic hydroxyl groups excluding tert-OH is 4. The first kappa shape index (κ1) is 37.3. The number of aromatic amines is 2. The molecule has 218 valence electrons. The SMILES string of the molecule is C1=Cc2cc3ccc(cc4ccc(cc5nc(cc1n2)C=C5)[nH]4)[nH]3.O=[C-]O.O=[C-]O.O=[C-]O.O=[C-]O.[Zn].[c-]1ccccc1. The van der Waals surface area contributed by atoms with Crippen molar-refractivity contribution >= 4 is 72.3 Å². The monoisotopic (exact) mass is 631 g/mol. The number of nitrogens with one attached hydrogen (secondary N) is 2. The van der Waals surface area contributed by atoms with Crippen LogP contribution in [0.2, 0.25) is 0 Å². The van der Waals surface area contributed by atoms with Crippen LogP contribution in [0, 0.1) is 6.07 Å². The molecule has 13 heteroatoms. The van der Waals surface area contributed by atoms with Crippen LogP contribution in [0.3, 0.4) is 0 Å². The molecule has 0 saturated carbocycles. The van der Waals surface area contributed by atoms with E-state index in [1.54, 1.807) is 0 Å². The van der Waals surface area contributed by atoms with Crippen LogP contribution in [0.5, 0.6) is 0 Å². The molecule has 0 amide bonds. The predicted octanol–water partition coefficient (Wildman–Crippen LogP) is 4.59. The van der Waals surface area contributed by atoms with Crippen LogP contribution >= 0.6 is 0 Å². The summed E-state index contributed by atoms with van der Waals surface area (Å²) >= 11 is 0. The summed E-state index contributed by atoms with van der Waals surface area (Å²) in [5.41, 5.74) is 7.86. The van der Waals surface area contributed by atoms with Gasteiger partial charge in [-0.2, -0.15) is 36.4 Å². The third kappa shape index (κ3) is 15.6. The van der Waals surface area contributed by atoms with Crippen LogP contribution in [0.4, 0.5) is 0 Å². The van der Waals surface area contributed by atoms with E-state index < -0.39 is 0 Å². The summed E-state index contributed by atoms with van der Waals surface area (Å²) in [4.78, 5) is 49.0. The summed E-state index contributed by atoms with van der Waals surface area (Å²) in [6.45, 7) is 2.00. The number of benzene rings is 1. The fourth-order valence-corrected chi connectivity index (χ4v) is 3.29. The van der Waals surface area contributed by atoms with Crippen molar-refractivity contribution in [3.05, 3.63) is 108 Å². The molecule has 0 aliphatic carbocycles. The largest absolute Gasteiger partial charge is 0.665 e. The van der Waals surface area contributed by atoms with Crippen molar-refractivity contribution in [3.8, 4) is 0 Å². The smallest absolute Gasteiger partial charge is 0.0659 e. The Balaban J connectivity index is 0.000000771. The summed E-state index contributed by atoms with van der Waals surface area (Å²) in [5.74, 6) is 0. The summed E-state index contributed by atoms with van der Waals surface area (Å²) in [7, 11) is 0. The summed E-state index contributed by atoms with van der Waals surface area (Å²) < 4.78 is 0. The first-order chi connectivity index (χ1) is 20.5. The summed E-state index contributed by atoms with van der Waals surface area (Å²) in [6, 6.07) is 28.9. The second kappa shape index (κ2) is 23.1. The van der Waals surface area contributed by atoms with E-state index in [-0.39, 0.29) is 19.5 Å². The number of rotatable bonds is 0. The molecule has 5 heterocycles. The van der Waals surface area contributed by atoms with Gasteiger partial charge in [-0.3, -0.25) is 0 Å². The van der Waals surface area contributed by atoms with E-state index >= 15 is 0 Å². The van der Waals surface area contributed by atoms with Gasteiger partial charge in [0.1, 0.15) is 0 Å². The maximum Gasteiger partial charge on any atom is 0.0659 e. The molecule has 2 aliphatic rings. The van der Waals surface area contributed by atoms with E-state index in [2.05, 4.69) is 56.3 Å². The third-order valence-electron chi connectivity index (χ3n) is 4.65. The van der Waals surface area contributed by atoms with E-state index in [0.717, 1.165) is 44.8 Å². The fraction of sp³-hybridized carbons (Fsp3) is 0. The van der Waals surface area contributed by atoms with Gasteiger partial charge >= 0.3 is 0 Å². The first-order valence-corrected chi connectivity index (χ1v) is 11.5. The minimum atomic E-state index is 0. The minimum absolute atomic E-state index is 0. The van der Waals surface area contributed by atoms with Gasteiger partial charge in [0.25, 0.3) is 0 Å². The van der Waals surface area contributed by atoms with Crippen LogP contribution in [0.15, 0.2) is 78.9 Å². The quantitative estimate of drug-likeness (QED) is 0.101. The molecule has 4 aromatic rings. The second-order valence-electron chi connectivity index (χ2n) is 7.35. The molecular formula is C30H23N4O8Zn-5. The molecule has 8 bridgehead atoms. The second-order valence-corrected chi connectivity index (χ2v) is 7.35. The zero-order chi connectivity index (χ0) is 31.0. The number of hydrogen-bond donors (Lipinski definition) is 6. The van der Waals surface area contributed by atoms with Gasteiger partial charge in [0.2, 0.25) is 0 Å². The average molecular weight is 633 g/mol. The number of H-pyrrole nitrogens is 2. The van der Waals surface area contributed by atoms with Gasteiger partial charge in [-0.25, -0.2) is 9.97 Å². The molecule has 12 nitrogen and oxygen atoms in total. The van der Waals surface area contributed by atoms with Gasteiger partial charge in [0.05, 0.1) is 22.8 Å². The van der Waals surface area contributed by atoms with E-state index in [0.29, 0.717) is 25.9 Å². The molecule has 2 aliphatic heterocycles. The zero-order valence-corrected chi connectivity index (χ0v) is 25.3. The Morgan fingerprint density at radius 3 is 1.09 bits per heavy atom. The van der Waals surface area contributed by atoms with Gasteiger partial charge in [-0.15, -0.1) is 0 Å². The predicted molar refractivity (Wildman–Crippen MR) is 157 cm³/mol. The summed E-state index contributed by atoms with van der Waals surface area (Å²) in [6.07, 6.45) is 8.05. The number of hydrogen-bond acceptors (Lipinski definition) is 6. The van der Waals surface area contributed by atoms with E-state index in [1.165, 1.54) is 0 Å². The molecule has 6 N–H and O–H groups in total. The Labute approximate surface area is 258 Å². The number of fused-ring (bicyclic) bond motifs is 8. The van der Waals surface area contributed by atoms with Gasteiger partial charge in [-0.05, 0) is 72.8 Å². The van der Waals surface area contributed by atoms with Crippen molar-refractivity contribution in [2.75, 3.05) is 0 Å². The molecule has 43 heavy (non-hydrogen) atoms. The molecular weight excluding hydrogens is 610 g/mol. The van der Waals surface area contributed by atoms with Gasteiger partial charge < -0.3 is 49.6 Å². The van der Waals surface area contributed by atoms with Gasteiger partial charge in [0, 0.05) is 41.5 Å². The van der Waals surface area contributed by atoms with Gasteiger partial charge in [0.15, 0.2) is 0 Å². The first-order valence-electron chi connectivity index (χ1n) is 11.5. The van der Waals surface area contributed by atoms with Crippen molar-refractivity contribution < 1.29 is 59.1 Å². The fourth-order valence-electron chi connectivity index (χ4n) is 3.29. The normalized spacial score (nSPS) is 9.30. The van der Waals surface area contributed by atoms with E-state index in [1.807, 2.05) is 72.8 Å². The molecule has 1 aromatic carbocycles. The Bertz CT molecular complexity index is 1480. The maximum atomic E-state index is 8.24. The van der Waals surface area contributed by atoms with Crippen LogP contribution in [-0.4, -0.2) is 66.3 Å². The molecule has 3 aromatic heterocycles. The standard InChI is InChI=1S/C20H14N4.C6H5.4CHO2.Zn/c1-2-14-10-16-5-6-18(23-16)12-20-8-7-19(24-20)11-17-4-3-15(22-17)9-13(1)21-14;1-2-4-6-5-3-1;4*2-1-3;/h1-12,21-22H;1-5H;4*(H,2,3);/q;5*-1;. The Morgan fingerprint density at radius 2 is 0.814 bits per heavy atom. The van der Waals surface area contributed by atoms with Crippen molar-refractivity contribution in [2.24, 2.45) is 0 Å². The average Bonchev–Trinajstić information content (AvgIpc) is 3.79. The van der Waals surface area contributed by atoms with Gasteiger partial charge in [-0.1, -0.05) is 25.9 Å².